The summed E-state index contributed by atoms with van der Waals surface area (Å²) in [6.07, 6.45) is 0. The fourth-order valence-electron chi connectivity index (χ4n) is 2.27. The molecule has 0 spiro atoms. The Hall–Kier alpha value is -2.35. The number of hydrogen-bond acceptors (Lipinski definition) is 2. The smallest absolute Gasteiger partial charge is 0.336 e. The summed E-state index contributed by atoms with van der Waals surface area (Å²) in [4.78, 5) is 11.4. The molecule has 88 valence electrons. The Morgan fingerprint density at radius 3 is 2.50 bits per heavy atom. The molecule has 2 nitrogen and oxygen atoms in total. The summed E-state index contributed by atoms with van der Waals surface area (Å²) in [7, 11) is 0. The van der Waals surface area contributed by atoms with Gasteiger partial charge in [-0.1, -0.05) is 42.5 Å². The zero-order chi connectivity index (χ0) is 12.5. The zero-order valence-electron chi connectivity index (χ0n) is 10.0. The van der Waals surface area contributed by atoms with Gasteiger partial charge >= 0.3 is 5.63 Å². The van der Waals surface area contributed by atoms with Crippen LogP contribution in [0, 0.1) is 6.92 Å². The van der Waals surface area contributed by atoms with E-state index >= 15 is 0 Å². The first-order valence-electron chi connectivity index (χ1n) is 5.84. The second kappa shape index (κ2) is 4.15. The van der Waals surface area contributed by atoms with Crippen LogP contribution in [0.25, 0.3) is 22.1 Å². The third-order valence-corrected chi connectivity index (χ3v) is 3.05. The van der Waals surface area contributed by atoms with E-state index in [1.165, 1.54) is 6.07 Å². The van der Waals surface area contributed by atoms with Crippen molar-refractivity contribution in [2.24, 2.45) is 0 Å². The van der Waals surface area contributed by atoms with Crippen molar-refractivity contribution >= 4 is 11.0 Å². The fraction of sp³-hybridized carbons (Fsp3) is 0.0625. The van der Waals surface area contributed by atoms with Gasteiger partial charge in [-0.15, -0.1) is 0 Å². The monoisotopic (exact) mass is 236 g/mol. The van der Waals surface area contributed by atoms with Crippen LogP contribution in [0.5, 0.6) is 0 Å². The van der Waals surface area contributed by atoms with Gasteiger partial charge in [-0.05, 0) is 29.7 Å². The molecule has 0 bridgehead atoms. The van der Waals surface area contributed by atoms with E-state index in [1.807, 2.05) is 43.3 Å². The van der Waals surface area contributed by atoms with Crippen LogP contribution >= 0.6 is 0 Å². The van der Waals surface area contributed by atoms with Gasteiger partial charge in [0.25, 0.3) is 0 Å². The lowest BCUT2D eigenvalue weighted by molar-refractivity contribution is 0.560. The highest BCUT2D eigenvalue weighted by atomic mass is 16.4. The normalized spacial score (nSPS) is 10.7. The van der Waals surface area contributed by atoms with Crippen molar-refractivity contribution in [2.45, 2.75) is 6.92 Å². The third-order valence-electron chi connectivity index (χ3n) is 3.05. The van der Waals surface area contributed by atoms with E-state index in [4.69, 9.17) is 4.42 Å². The van der Waals surface area contributed by atoms with Crippen molar-refractivity contribution in [1.29, 1.82) is 0 Å². The summed E-state index contributed by atoms with van der Waals surface area (Å²) in [5.41, 5.74) is 3.50. The second-order valence-electron chi connectivity index (χ2n) is 4.29. The predicted molar refractivity (Wildman–Crippen MR) is 72.7 cm³/mol. The summed E-state index contributed by atoms with van der Waals surface area (Å²) < 4.78 is 5.25. The van der Waals surface area contributed by atoms with Crippen molar-refractivity contribution in [3.05, 3.63) is 70.6 Å². The molecule has 18 heavy (non-hydrogen) atoms. The Balaban J connectivity index is 2.41. The Bertz CT molecular complexity index is 755. The topological polar surface area (TPSA) is 30.2 Å². The standard InChI is InChI=1S/C16H12O2/c1-11-10-15(17)18-14-9-5-8-13(16(11)14)12-6-3-2-4-7-12/h2-10H,1H3. The molecule has 0 amide bonds. The Labute approximate surface area is 105 Å². The molecule has 0 unspecified atom stereocenters. The summed E-state index contributed by atoms with van der Waals surface area (Å²) in [6, 6.07) is 17.4. The van der Waals surface area contributed by atoms with Gasteiger partial charge in [0.05, 0.1) is 0 Å². The van der Waals surface area contributed by atoms with E-state index in [1.54, 1.807) is 0 Å². The number of benzene rings is 2. The number of hydrogen-bond donors (Lipinski definition) is 0. The van der Waals surface area contributed by atoms with Gasteiger partial charge in [-0.2, -0.15) is 0 Å². The van der Waals surface area contributed by atoms with Crippen LogP contribution < -0.4 is 5.63 Å². The summed E-state index contributed by atoms with van der Waals surface area (Å²) in [5.74, 6) is 0. The van der Waals surface area contributed by atoms with Crippen LogP contribution in [0.15, 0.2) is 63.8 Å². The van der Waals surface area contributed by atoms with E-state index in [0.717, 1.165) is 22.1 Å². The maximum absolute atomic E-state index is 11.4. The van der Waals surface area contributed by atoms with Crippen LogP contribution in [-0.4, -0.2) is 0 Å². The molecule has 0 N–H and O–H groups in total. The molecule has 0 saturated heterocycles. The van der Waals surface area contributed by atoms with Gasteiger partial charge in [0.2, 0.25) is 0 Å². The van der Waals surface area contributed by atoms with Crippen LogP contribution in [0.2, 0.25) is 0 Å². The molecule has 0 aliphatic carbocycles. The van der Waals surface area contributed by atoms with E-state index < -0.39 is 0 Å². The van der Waals surface area contributed by atoms with Gasteiger partial charge in [-0.3, -0.25) is 0 Å². The lowest BCUT2D eigenvalue weighted by Gasteiger charge is -2.07. The Morgan fingerprint density at radius 2 is 1.72 bits per heavy atom. The van der Waals surface area contributed by atoms with Crippen molar-refractivity contribution in [3.8, 4) is 11.1 Å². The fourth-order valence-corrected chi connectivity index (χ4v) is 2.27. The molecule has 1 heterocycles. The summed E-state index contributed by atoms with van der Waals surface area (Å²) in [6.45, 7) is 1.94. The highest BCUT2D eigenvalue weighted by Crippen LogP contribution is 2.29. The zero-order valence-corrected chi connectivity index (χ0v) is 10.0. The first kappa shape index (κ1) is 10.8. The maximum atomic E-state index is 11.4. The highest BCUT2D eigenvalue weighted by Gasteiger charge is 2.08. The number of aryl methyl sites for hydroxylation is 1. The Kier molecular flexibility index (Phi) is 2.49. The quantitative estimate of drug-likeness (QED) is 0.602. The minimum atomic E-state index is -0.301. The van der Waals surface area contributed by atoms with Crippen molar-refractivity contribution in [1.82, 2.24) is 0 Å². The molecular formula is C16H12O2. The first-order valence-corrected chi connectivity index (χ1v) is 5.84. The van der Waals surface area contributed by atoms with Gasteiger partial charge < -0.3 is 4.42 Å². The SMILES string of the molecule is Cc1cc(=O)oc2cccc(-c3ccccc3)c12. The summed E-state index contributed by atoms with van der Waals surface area (Å²) in [5, 5.41) is 1.00. The second-order valence-corrected chi connectivity index (χ2v) is 4.29. The maximum Gasteiger partial charge on any atom is 0.336 e. The van der Waals surface area contributed by atoms with Crippen LogP contribution in [-0.2, 0) is 0 Å². The average molecular weight is 236 g/mol. The minimum Gasteiger partial charge on any atom is -0.423 e. The van der Waals surface area contributed by atoms with E-state index in [0.29, 0.717) is 5.58 Å². The molecule has 0 radical (unpaired) electrons. The number of fused-ring (bicyclic) bond motifs is 1. The largest absolute Gasteiger partial charge is 0.423 e. The van der Waals surface area contributed by atoms with Gasteiger partial charge in [0, 0.05) is 11.5 Å². The summed E-state index contributed by atoms with van der Waals surface area (Å²) >= 11 is 0. The predicted octanol–water partition coefficient (Wildman–Crippen LogP) is 3.77. The van der Waals surface area contributed by atoms with Gasteiger partial charge in [0.15, 0.2) is 0 Å². The molecule has 3 rings (SSSR count). The molecule has 1 aromatic heterocycles. The average Bonchev–Trinajstić information content (AvgIpc) is 2.38. The lowest BCUT2D eigenvalue weighted by atomic mass is 9.98. The lowest BCUT2D eigenvalue weighted by Crippen LogP contribution is -1.98. The Morgan fingerprint density at radius 1 is 0.944 bits per heavy atom. The molecule has 0 atom stereocenters. The van der Waals surface area contributed by atoms with Crippen LogP contribution in [0.3, 0.4) is 0 Å². The molecule has 0 aliphatic rings. The number of rotatable bonds is 1. The van der Waals surface area contributed by atoms with E-state index in [-0.39, 0.29) is 5.63 Å². The highest BCUT2D eigenvalue weighted by molar-refractivity contribution is 5.95. The van der Waals surface area contributed by atoms with Crippen molar-refractivity contribution < 1.29 is 4.42 Å². The van der Waals surface area contributed by atoms with E-state index in [2.05, 4.69) is 12.1 Å². The molecule has 2 heteroatoms. The van der Waals surface area contributed by atoms with Crippen molar-refractivity contribution in [2.75, 3.05) is 0 Å². The first-order chi connectivity index (χ1) is 8.75. The molecule has 0 fully saturated rings. The van der Waals surface area contributed by atoms with Crippen LogP contribution in [0.4, 0.5) is 0 Å². The molecule has 2 aromatic carbocycles. The van der Waals surface area contributed by atoms with Crippen molar-refractivity contribution in [3.63, 3.8) is 0 Å². The van der Waals surface area contributed by atoms with E-state index in [9.17, 15) is 4.79 Å². The molecule has 0 saturated carbocycles. The van der Waals surface area contributed by atoms with Crippen LogP contribution in [0.1, 0.15) is 5.56 Å². The molecule has 0 aliphatic heterocycles. The third kappa shape index (κ3) is 1.72. The van der Waals surface area contributed by atoms with Gasteiger partial charge in [-0.25, -0.2) is 4.79 Å². The molecule has 3 aromatic rings. The molecular weight excluding hydrogens is 224 g/mol. The minimum absolute atomic E-state index is 0.301. The van der Waals surface area contributed by atoms with Gasteiger partial charge in [0.1, 0.15) is 5.58 Å².